The van der Waals surface area contributed by atoms with Crippen LogP contribution in [0.3, 0.4) is 0 Å². The molecule has 0 aliphatic carbocycles. The van der Waals surface area contributed by atoms with E-state index < -0.39 is 11.2 Å². The molecule has 0 spiro atoms. The second-order valence-electron chi connectivity index (χ2n) is 2.96. The standard InChI is InChI=1S/C8H11F3N2S/c1-2-3-5(12)6-4-13-7(14-6)8(9,10)11/h4-5H,2-3,12H2,1H3. The Balaban J connectivity index is 2.78. The van der Waals surface area contributed by atoms with Crippen LogP contribution in [0.15, 0.2) is 6.20 Å². The van der Waals surface area contributed by atoms with Crippen LogP contribution in [-0.4, -0.2) is 4.98 Å². The first-order chi connectivity index (χ1) is 6.45. The van der Waals surface area contributed by atoms with Crippen molar-refractivity contribution in [3.63, 3.8) is 0 Å². The van der Waals surface area contributed by atoms with Gasteiger partial charge in [0.15, 0.2) is 5.01 Å². The SMILES string of the molecule is CCCC(N)c1cnc(C(F)(F)F)s1. The van der Waals surface area contributed by atoms with Gasteiger partial charge in [0.05, 0.1) is 0 Å². The van der Waals surface area contributed by atoms with Gasteiger partial charge in [0, 0.05) is 17.1 Å². The molecular formula is C8H11F3N2S. The summed E-state index contributed by atoms with van der Waals surface area (Å²) in [5.74, 6) is 0. The molecule has 6 heteroatoms. The van der Waals surface area contributed by atoms with E-state index in [1.54, 1.807) is 0 Å². The number of hydrogen-bond acceptors (Lipinski definition) is 3. The van der Waals surface area contributed by atoms with Crippen molar-refractivity contribution in [1.82, 2.24) is 4.98 Å². The number of nitrogens with two attached hydrogens (primary N) is 1. The lowest BCUT2D eigenvalue weighted by Crippen LogP contribution is -2.07. The summed E-state index contributed by atoms with van der Waals surface area (Å²) in [6, 6.07) is -0.325. The molecule has 1 rings (SSSR count). The molecular weight excluding hydrogens is 213 g/mol. The normalized spacial score (nSPS) is 14.4. The van der Waals surface area contributed by atoms with Gasteiger partial charge in [0.25, 0.3) is 0 Å². The number of hydrogen-bond donors (Lipinski definition) is 1. The van der Waals surface area contributed by atoms with Crippen LogP contribution >= 0.6 is 11.3 Å². The molecule has 0 aromatic carbocycles. The molecule has 1 aromatic rings. The van der Waals surface area contributed by atoms with Crippen LogP contribution in [0.1, 0.15) is 35.7 Å². The first-order valence-electron chi connectivity index (χ1n) is 4.23. The molecule has 2 nitrogen and oxygen atoms in total. The van der Waals surface area contributed by atoms with Crippen molar-refractivity contribution in [2.45, 2.75) is 32.0 Å². The van der Waals surface area contributed by atoms with Gasteiger partial charge in [-0.25, -0.2) is 4.98 Å². The van der Waals surface area contributed by atoms with E-state index in [0.717, 1.165) is 6.42 Å². The molecule has 14 heavy (non-hydrogen) atoms. The summed E-state index contributed by atoms with van der Waals surface area (Å²) in [6.07, 6.45) is -1.61. The molecule has 0 fully saturated rings. The average molecular weight is 224 g/mol. The van der Waals surface area contributed by atoms with E-state index in [9.17, 15) is 13.2 Å². The highest BCUT2D eigenvalue weighted by Crippen LogP contribution is 2.34. The van der Waals surface area contributed by atoms with Crippen LogP contribution in [0.5, 0.6) is 0 Å². The second-order valence-corrected chi connectivity index (χ2v) is 4.02. The third-order valence-electron chi connectivity index (χ3n) is 1.73. The fourth-order valence-corrected chi connectivity index (χ4v) is 1.86. The van der Waals surface area contributed by atoms with Crippen LogP contribution in [0.4, 0.5) is 13.2 Å². The Bertz CT molecular complexity index is 295. The minimum absolute atomic E-state index is 0.325. The van der Waals surface area contributed by atoms with Gasteiger partial charge < -0.3 is 5.73 Å². The average Bonchev–Trinajstić information content (AvgIpc) is 2.51. The highest BCUT2D eigenvalue weighted by Gasteiger charge is 2.34. The smallest absolute Gasteiger partial charge is 0.323 e. The van der Waals surface area contributed by atoms with Gasteiger partial charge in [0.1, 0.15) is 0 Å². The van der Waals surface area contributed by atoms with Crippen LogP contribution in [0, 0.1) is 0 Å². The molecule has 2 N–H and O–H groups in total. The maximum Gasteiger partial charge on any atom is 0.443 e. The molecule has 1 unspecified atom stereocenters. The maximum absolute atomic E-state index is 12.2. The monoisotopic (exact) mass is 224 g/mol. The lowest BCUT2D eigenvalue weighted by atomic mass is 10.2. The minimum Gasteiger partial charge on any atom is -0.323 e. The summed E-state index contributed by atoms with van der Waals surface area (Å²) in [4.78, 5) is 3.80. The molecule has 0 amide bonds. The maximum atomic E-state index is 12.2. The molecule has 80 valence electrons. The first-order valence-corrected chi connectivity index (χ1v) is 5.05. The Morgan fingerprint density at radius 3 is 2.64 bits per heavy atom. The largest absolute Gasteiger partial charge is 0.443 e. The number of halogens is 3. The Labute approximate surface area is 84.0 Å². The van der Waals surface area contributed by atoms with Gasteiger partial charge >= 0.3 is 6.18 Å². The van der Waals surface area contributed by atoms with E-state index in [4.69, 9.17) is 5.73 Å². The Morgan fingerprint density at radius 1 is 1.57 bits per heavy atom. The number of aromatic nitrogens is 1. The summed E-state index contributed by atoms with van der Waals surface area (Å²) in [6.45, 7) is 1.94. The van der Waals surface area contributed by atoms with Crippen molar-refractivity contribution < 1.29 is 13.2 Å². The zero-order valence-electron chi connectivity index (χ0n) is 7.64. The van der Waals surface area contributed by atoms with Crippen LogP contribution in [-0.2, 0) is 6.18 Å². The molecule has 1 atom stereocenters. The predicted molar refractivity (Wildman–Crippen MR) is 49.0 cm³/mol. The Hall–Kier alpha value is -0.620. The van der Waals surface area contributed by atoms with E-state index in [1.165, 1.54) is 6.20 Å². The first kappa shape index (κ1) is 11.5. The van der Waals surface area contributed by atoms with Gasteiger partial charge in [-0.1, -0.05) is 13.3 Å². The van der Waals surface area contributed by atoms with Gasteiger partial charge in [-0.15, -0.1) is 11.3 Å². The molecule has 0 aliphatic heterocycles. The van der Waals surface area contributed by atoms with Crippen molar-refractivity contribution in [1.29, 1.82) is 0 Å². The summed E-state index contributed by atoms with van der Waals surface area (Å²) in [7, 11) is 0. The summed E-state index contributed by atoms with van der Waals surface area (Å²) >= 11 is 0.627. The van der Waals surface area contributed by atoms with Crippen molar-refractivity contribution in [2.75, 3.05) is 0 Å². The van der Waals surface area contributed by atoms with Gasteiger partial charge in [0.2, 0.25) is 0 Å². The molecule has 0 bridgehead atoms. The molecule has 0 radical (unpaired) electrons. The Morgan fingerprint density at radius 2 is 2.21 bits per heavy atom. The molecule has 1 heterocycles. The van der Waals surface area contributed by atoms with Crippen molar-refractivity contribution in [2.24, 2.45) is 5.73 Å². The zero-order chi connectivity index (χ0) is 10.8. The van der Waals surface area contributed by atoms with Crippen LogP contribution in [0.25, 0.3) is 0 Å². The Kier molecular flexibility index (Phi) is 3.49. The van der Waals surface area contributed by atoms with E-state index in [-0.39, 0.29) is 6.04 Å². The number of rotatable bonds is 3. The van der Waals surface area contributed by atoms with E-state index in [0.29, 0.717) is 22.6 Å². The number of thiazole rings is 1. The lowest BCUT2D eigenvalue weighted by Gasteiger charge is -2.05. The molecule has 0 saturated heterocycles. The van der Waals surface area contributed by atoms with E-state index >= 15 is 0 Å². The van der Waals surface area contributed by atoms with Gasteiger partial charge in [-0.3, -0.25) is 0 Å². The number of alkyl halides is 3. The lowest BCUT2D eigenvalue weighted by molar-refractivity contribution is -0.137. The molecule has 0 aliphatic rings. The zero-order valence-corrected chi connectivity index (χ0v) is 8.45. The van der Waals surface area contributed by atoms with Crippen LogP contribution < -0.4 is 5.73 Å². The fourth-order valence-electron chi connectivity index (χ4n) is 1.04. The van der Waals surface area contributed by atoms with Gasteiger partial charge in [-0.05, 0) is 6.42 Å². The van der Waals surface area contributed by atoms with E-state index in [2.05, 4.69) is 4.98 Å². The highest BCUT2D eigenvalue weighted by atomic mass is 32.1. The van der Waals surface area contributed by atoms with Crippen molar-refractivity contribution in [3.05, 3.63) is 16.1 Å². The topological polar surface area (TPSA) is 38.9 Å². The predicted octanol–water partition coefficient (Wildman–Crippen LogP) is 2.96. The van der Waals surface area contributed by atoms with Crippen molar-refractivity contribution >= 4 is 11.3 Å². The summed E-state index contributed by atoms with van der Waals surface area (Å²) < 4.78 is 36.5. The van der Waals surface area contributed by atoms with Crippen molar-refractivity contribution in [3.8, 4) is 0 Å². The highest BCUT2D eigenvalue weighted by molar-refractivity contribution is 7.11. The molecule has 0 saturated carbocycles. The second kappa shape index (κ2) is 4.27. The van der Waals surface area contributed by atoms with Crippen LogP contribution in [0.2, 0.25) is 0 Å². The quantitative estimate of drug-likeness (QED) is 0.857. The minimum atomic E-state index is -4.35. The van der Waals surface area contributed by atoms with E-state index in [1.807, 2.05) is 6.92 Å². The third kappa shape index (κ3) is 2.68. The summed E-state index contributed by atoms with van der Waals surface area (Å²) in [5, 5.41) is -0.820. The summed E-state index contributed by atoms with van der Waals surface area (Å²) in [5.41, 5.74) is 5.67. The third-order valence-corrected chi connectivity index (χ3v) is 2.91. The molecule has 1 aromatic heterocycles. The fraction of sp³-hybridized carbons (Fsp3) is 0.625. The number of nitrogens with zero attached hydrogens (tertiary/aromatic N) is 1. The van der Waals surface area contributed by atoms with Gasteiger partial charge in [-0.2, -0.15) is 13.2 Å².